The molecule has 100 valence electrons. The normalized spacial score (nSPS) is 14.6. The third-order valence-corrected chi connectivity index (χ3v) is 4.26. The third kappa shape index (κ3) is 3.66. The second-order valence-electron chi connectivity index (χ2n) is 4.29. The molecule has 0 spiro atoms. The molecule has 3 rings (SSSR count). The van der Waals surface area contributed by atoms with Crippen LogP contribution in [0.5, 0.6) is 10.9 Å². The predicted octanol–water partition coefficient (Wildman–Crippen LogP) is 4.00. The fourth-order valence-corrected chi connectivity index (χ4v) is 2.67. The van der Waals surface area contributed by atoms with E-state index < -0.39 is 0 Å². The summed E-state index contributed by atoms with van der Waals surface area (Å²) in [5.74, 6) is 0.578. The van der Waals surface area contributed by atoms with Gasteiger partial charge in [-0.05, 0) is 31.0 Å². The van der Waals surface area contributed by atoms with Crippen LogP contribution in [0.25, 0.3) is 0 Å². The van der Waals surface area contributed by atoms with Crippen molar-refractivity contribution in [2.75, 3.05) is 0 Å². The lowest BCUT2D eigenvalue weighted by Gasteiger charge is -2.03. The van der Waals surface area contributed by atoms with Crippen molar-refractivity contribution in [1.82, 2.24) is 15.5 Å². The number of nitrogens with zero attached hydrogens (tertiary/aromatic N) is 2. The Labute approximate surface area is 128 Å². The Balaban J connectivity index is 1.66. The molecule has 1 aromatic carbocycles. The predicted molar refractivity (Wildman–Crippen MR) is 79.0 cm³/mol. The summed E-state index contributed by atoms with van der Waals surface area (Å²) in [6, 6.07) is 6.11. The molecule has 1 aliphatic carbocycles. The average molecular weight is 361 g/mol. The van der Waals surface area contributed by atoms with Crippen LogP contribution in [-0.2, 0) is 6.54 Å². The Morgan fingerprint density at radius 3 is 3.05 bits per heavy atom. The Morgan fingerprint density at radius 2 is 2.26 bits per heavy atom. The van der Waals surface area contributed by atoms with Crippen LogP contribution in [0.15, 0.2) is 22.7 Å². The molecule has 19 heavy (non-hydrogen) atoms. The zero-order valence-corrected chi connectivity index (χ0v) is 13.1. The van der Waals surface area contributed by atoms with Gasteiger partial charge in [-0.2, -0.15) is 0 Å². The van der Waals surface area contributed by atoms with Gasteiger partial charge < -0.3 is 10.1 Å². The molecule has 0 bridgehead atoms. The van der Waals surface area contributed by atoms with Crippen molar-refractivity contribution in [3.05, 3.63) is 32.7 Å². The average Bonchev–Trinajstić information content (AvgIpc) is 3.12. The minimum Gasteiger partial charge on any atom is -0.428 e. The number of benzene rings is 1. The largest absolute Gasteiger partial charge is 0.428 e. The van der Waals surface area contributed by atoms with E-state index in [-0.39, 0.29) is 0 Å². The summed E-state index contributed by atoms with van der Waals surface area (Å²) in [4.78, 5) is 0. The Bertz CT molecular complexity index is 588. The lowest BCUT2D eigenvalue weighted by molar-refractivity contribution is 0.473. The van der Waals surface area contributed by atoms with Crippen molar-refractivity contribution in [3.8, 4) is 10.9 Å². The Hall–Kier alpha value is -0.690. The van der Waals surface area contributed by atoms with Crippen LogP contribution >= 0.6 is 38.9 Å². The SMILES string of the molecule is Clc1ccc(Br)cc1Oc1nnc(CNC2CC2)s1. The zero-order valence-electron chi connectivity index (χ0n) is 9.90. The molecule has 0 radical (unpaired) electrons. The maximum atomic E-state index is 6.06. The second-order valence-corrected chi connectivity index (χ2v) is 6.64. The van der Waals surface area contributed by atoms with Crippen LogP contribution in [0.1, 0.15) is 17.8 Å². The maximum Gasteiger partial charge on any atom is 0.299 e. The first-order chi connectivity index (χ1) is 9.20. The molecule has 0 unspecified atom stereocenters. The van der Waals surface area contributed by atoms with Gasteiger partial charge in [0, 0.05) is 10.5 Å². The molecule has 1 aromatic heterocycles. The highest BCUT2D eigenvalue weighted by Crippen LogP contribution is 2.33. The molecule has 1 N–H and O–H groups in total. The molecule has 1 saturated carbocycles. The van der Waals surface area contributed by atoms with E-state index in [1.54, 1.807) is 6.07 Å². The molecule has 0 saturated heterocycles. The molecule has 2 aromatic rings. The van der Waals surface area contributed by atoms with E-state index >= 15 is 0 Å². The fourth-order valence-electron chi connectivity index (χ4n) is 1.52. The number of halogens is 2. The summed E-state index contributed by atoms with van der Waals surface area (Å²) in [5, 5.41) is 13.5. The standard InChI is InChI=1S/C12H11BrClN3OS/c13-7-1-4-9(14)10(5-7)18-12-17-16-11(19-12)6-15-8-2-3-8/h1,4-5,8,15H,2-3,6H2. The first-order valence-electron chi connectivity index (χ1n) is 5.89. The summed E-state index contributed by atoms with van der Waals surface area (Å²) >= 11 is 10.9. The first kappa shape index (κ1) is 13.3. The number of hydrogen-bond donors (Lipinski definition) is 1. The van der Waals surface area contributed by atoms with Gasteiger partial charge >= 0.3 is 0 Å². The lowest BCUT2D eigenvalue weighted by atomic mass is 10.3. The van der Waals surface area contributed by atoms with Gasteiger partial charge in [0.1, 0.15) is 10.8 Å². The Morgan fingerprint density at radius 1 is 1.42 bits per heavy atom. The van der Waals surface area contributed by atoms with E-state index in [0.717, 1.165) is 16.0 Å². The van der Waals surface area contributed by atoms with E-state index in [2.05, 4.69) is 31.4 Å². The minimum atomic E-state index is 0.507. The van der Waals surface area contributed by atoms with Gasteiger partial charge in [0.05, 0.1) is 11.6 Å². The zero-order chi connectivity index (χ0) is 13.2. The van der Waals surface area contributed by atoms with Gasteiger partial charge in [-0.1, -0.05) is 44.0 Å². The molecule has 7 heteroatoms. The van der Waals surface area contributed by atoms with Gasteiger partial charge in [0.2, 0.25) is 0 Å². The van der Waals surface area contributed by atoms with Gasteiger partial charge in [-0.3, -0.25) is 0 Å². The van der Waals surface area contributed by atoms with Crippen LogP contribution in [0.3, 0.4) is 0 Å². The molecular formula is C12H11BrClN3OS. The number of ether oxygens (including phenoxy) is 1. The van der Waals surface area contributed by atoms with E-state index in [1.807, 2.05) is 12.1 Å². The molecule has 4 nitrogen and oxygen atoms in total. The van der Waals surface area contributed by atoms with Gasteiger partial charge in [-0.15, -0.1) is 5.10 Å². The van der Waals surface area contributed by atoms with Crippen molar-refractivity contribution < 1.29 is 4.74 Å². The second kappa shape index (κ2) is 5.75. The summed E-state index contributed by atoms with van der Waals surface area (Å²) in [6.07, 6.45) is 2.52. The van der Waals surface area contributed by atoms with Crippen LogP contribution in [0.4, 0.5) is 0 Å². The van der Waals surface area contributed by atoms with E-state index in [4.69, 9.17) is 16.3 Å². The summed E-state index contributed by atoms with van der Waals surface area (Å²) in [6.45, 7) is 0.748. The smallest absolute Gasteiger partial charge is 0.299 e. The molecular weight excluding hydrogens is 350 g/mol. The summed E-state index contributed by atoms with van der Waals surface area (Å²) in [5.41, 5.74) is 0. The van der Waals surface area contributed by atoms with Crippen molar-refractivity contribution in [2.24, 2.45) is 0 Å². The van der Waals surface area contributed by atoms with Crippen LogP contribution in [0.2, 0.25) is 5.02 Å². The van der Waals surface area contributed by atoms with Crippen molar-refractivity contribution in [2.45, 2.75) is 25.4 Å². The number of nitrogens with one attached hydrogen (secondary N) is 1. The monoisotopic (exact) mass is 359 g/mol. The third-order valence-electron chi connectivity index (χ3n) is 2.66. The fraction of sp³-hybridized carbons (Fsp3) is 0.333. The van der Waals surface area contributed by atoms with Crippen LogP contribution in [-0.4, -0.2) is 16.2 Å². The van der Waals surface area contributed by atoms with Gasteiger partial charge in [-0.25, -0.2) is 0 Å². The Kier molecular flexibility index (Phi) is 4.02. The van der Waals surface area contributed by atoms with Gasteiger partial charge in [0.25, 0.3) is 5.19 Å². The summed E-state index contributed by atoms with van der Waals surface area (Å²) in [7, 11) is 0. The molecule has 1 aliphatic rings. The highest BCUT2D eigenvalue weighted by molar-refractivity contribution is 9.10. The van der Waals surface area contributed by atoms with Gasteiger partial charge in [0.15, 0.2) is 0 Å². The van der Waals surface area contributed by atoms with Crippen LogP contribution < -0.4 is 10.1 Å². The van der Waals surface area contributed by atoms with Crippen molar-refractivity contribution >= 4 is 38.9 Å². The number of hydrogen-bond acceptors (Lipinski definition) is 5. The first-order valence-corrected chi connectivity index (χ1v) is 7.88. The highest BCUT2D eigenvalue weighted by atomic mass is 79.9. The van der Waals surface area contributed by atoms with E-state index in [9.17, 15) is 0 Å². The minimum absolute atomic E-state index is 0.507. The molecule has 0 aliphatic heterocycles. The molecule has 0 atom stereocenters. The topological polar surface area (TPSA) is 47.0 Å². The number of aromatic nitrogens is 2. The van der Waals surface area contributed by atoms with Crippen LogP contribution in [0, 0.1) is 0 Å². The maximum absolute atomic E-state index is 6.06. The van der Waals surface area contributed by atoms with Crippen molar-refractivity contribution in [3.63, 3.8) is 0 Å². The van der Waals surface area contributed by atoms with Crippen molar-refractivity contribution in [1.29, 1.82) is 0 Å². The molecule has 0 amide bonds. The quantitative estimate of drug-likeness (QED) is 0.875. The summed E-state index contributed by atoms with van der Waals surface area (Å²) < 4.78 is 6.56. The van der Waals surface area contributed by atoms with E-state index in [1.165, 1.54) is 24.2 Å². The molecule has 1 heterocycles. The highest BCUT2D eigenvalue weighted by Gasteiger charge is 2.20. The number of rotatable bonds is 5. The molecule has 1 fully saturated rings. The van der Waals surface area contributed by atoms with E-state index in [0.29, 0.717) is 22.0 Å². The lowest BCUT2D eigenvalue weighted by Crippen LogP contribution is -2.14.